The Morgan fingerprint density at radius 3 is 2.27 bits per heavy atom. The van der Waals surface area contributed by atoms with E-state index in [2.05, 4.69) is 0 Å². The van der Waals surface area contributed by atoms with Crippen LogP contribution in [0.1, 0.15) is 12.5 Å². The van der Waals surface area contributed by atoms with Gasteiger partial charge in [0.05, 0.1) is 7.11 Å². The van der Waals surface area contributed by atoms with Gasteiger partial charge in [-0.05, 0) is 30.2 Å². The van der Waals surface area contributed by atoms with Crippen LogP contribution in [0.15, 0.2) is 29.7 Å². The third kappa shape index (κ3) is 3.73. The minimum absolute atomic E-state index is 0.597. The molecule has 0 aliphatic heterocycles. The third-order valence-electron chi connectivity index (χ3n) is 1.89. The Bertz CT molecular complexity index is 460. The number of hydrogen-bond acceptors (Lipinski definition) is 3. The summed E-state index contributed by atoms with van der Waals surface area (Å²) in [5.74, 6) is 0.724. The van der Waals surface area contributed by atoms with E-state index in [0.29, 0.717) is 5.57 Å². The number of rotatable bonds is 3. The standard InChI is InChI=1S/C10H13NO3S/c1-8(7-15(11,12)13)9-3-5-10(14-2)6-4-9/h3-7H,1-2H3,(H2,11,12,13). The van der Waals surface area contributed by atoms with Crippen molar-refractivity contribution in [1.29, 1.82) is 0 Å². The number of hydrogen-bond donors (Lipinski definition) is 1. The number of nitrogens with two attached hydrogens (primary N) is 1. The van der Waals surface area contributed by atoms with Crippen LogP contribution in [0.25, 0.3) is 5.57 Å². The van der Waals surface area contributed by atoms with Gasteiger partial charge in [-0.15, -0.1) is 0 Å². The van der Waals surface area contributed by atoms with Crippen LogP contribution in [0.5, 0.6) is 5.75 Å². The maximum Gasteiger partial charge on any atom is 0.231 e. The van der Waals surface area contributed by atoms with Gasteiger partial charge in [-0.3, -0.25) is 0 Å². The molecule has 0 saturated carbocycles. The van der Waals surface area contributed by atoms with Crippen LogP contribution in [0.3, 0.4) is 0 Å². The van der Waals surface area contributed by atoms with E-state index < -0.39 is 10.0 Å². The molecule has 82 valence electrons. The molecular weight excluding hydrogens is 214 g/mol. The minimum Gasteiger partial charge on any atom is -0.497 e. The molecule has 0 fully saturated rings. The van der Waals surface area contributed by atoms with Gasteiger partial charge in [0.25, 0.3) is 0 Å². The fourth-order valence-corrected chi connectivity index (χ4v) is 1.80. The van der Waals surface area contributed by atoms with Crippen LogP contribution in [0.2, 0.25) is 0 Å². The highest BCUT2D eigenvalue weighted by molar-refractivity contribution is 7.92. The summed E-state index contributed by atoms with van der Waals surface area (Å²) >= 11 is 0. The summed E-state index contributed by atoms with van der Waals surface area (Å²) in [6, 6.07) is 7.07. The normalized spacial score (nSPS) is 12.6. The van der Waals surface area contributed by atoms with Crippen molar-refractivity contribution in [3.8, 4) is 5.75 Å². The highest BCUT2D eigenvalue weighted by Gasteiger charge is 2.01. The predicted molar refractivity (Wildman–Crippen MR) is 59.8 cm³/mol. The Kier molecular flexibility index (Phi) is 3.49. The van der Waals surface area contributed by atoms with E-state index in [1.807, 2.05) is 0 Å². The van der Waals surface area contributed by atoms with E-state index in [1.54, 1.807) is 38.3 Å². The van der Waals surface area contributed by atoms with Gasteiger partial charge in [-0.1, -0.05) is 12.1 Å². The van der Waals surface area contributed by atoms with Gasteiger partial charge in [0.15, 0.2) is 0 Å². The summed E-state index contributed by atoms with van der Waals surface area (Å²) in [7, 11) is -2.01. The zero-order valence-electron chi connectivity index (χ0n) is 8.60. The molecule has 0 radical (unpaired) electrons. The lowest BCUT2D eigenvalue weighted by atomic mass is 10.1. The zero-order valence-corrected chi connectivity index (χ0v) is 9.41. The van der Waals surface area contributed by atoms with Gasteiger partial charge in [-0.2, -0.15) is 0 Å². The smallest absolute Gasteiger partial charge is 0.231 e. The second kappa shape index (κ2) is 4.46. The number of allylic oxidation sites excluding steroid dienone is 1. The van der Waals surface area contributed by atoms with Crippen molar-refractivity contribution in [2.45, 2.75) is 6.92 Å². The Hall–Kier alpha value is -1.33. The molecule has 0 unspecified atom stereocenters. The topological polar surface area (TPSA) is 69.4 Å². The SMILES string of the molecule is COc1ccc(C(C)=CS(N)(=O)=O)cc1. The third-order valence-corrected chi connectivity index (χ3v) is 2.57. The Morgan fingerprint density at radius 1 is 1.33 bits per heavy atom. The number of methoxy groups -OCH3 is 1. The van der Waals surface area contributed by atoms with Crippen molar-refractivity contribution in [1.82, 2.24) is 0 Å². The molecule has 5 heteroatoms. The van der Waals surface area contributed by atoms with E-state index in [1.165, 1.54) is 0 Å². The molecule has 0 spiro atoms. The molecule has 1 rings (SSSR count). The van der Waals surface area contributed by atoms with E-state index >= 15 is 0 Å². The second-order valence-corrected chi connectivity index (χ2v) is 4.53. The zero-order chi connectivity index (χ0) is 11.5. The molecule has 15 heavy (non-hydrogen) atoms. The molecule has 1 aromatic carbocycles. The highest BCUT2D eigenvalue weighted by atomic mass is 32.2. The lowest BCUT2D eigenvalue weighted by Gasteiger charge is -2.03. The molecule has 0 aromatic heterocycles. The fourth-order valence-electron chi connectivity index (χ4n) is 1.17. The first-order valence-electron chi connectivity index (χ1n) is 4.28. The highest BCUT2D eigenvalue weighted by Crippen LogP contribution is 2.18. The van der Waals surface area contributed by atoms with Crippen LogP contribution in [0.4, 0.5) is 0 Å². The molecule has 0 atom stereocenters. The molecular formula is C10H13NO3S. The molecule has 0 heterocycles. The molecule has 1 aromatic rings. The maximum absolute atomic E-state index is 10.8. The first-order chi connectivity index (χ1) is 6.92. The van der Waals surface area contributed by atoms with Crippen LogP contribution in [-0.4, -0.2) is 15.5 Å². The van der Waals surface area contributed by atoms with Crippen molar-refractivity contribution in [2.24, 2.45) is 5.14 Å². The maximum atomic E-state index is 10.8. The first kappa shape index (κ1) is 11.7. The quantitative estimate of drug-likeness (QED) is 0.847. The van der Waals surface area contributed by atoms with E-state index in [9.17, 15) is 8.42 Å². The minimum atomic E-state index is -3.58. The average Bonchev–Trinajstić information content (AvgIpc) is 2.15. The van der Waals surface area contributed by atoms with Crippen LogP contribution < -0.4 is 9.88 Å². The van der Waals surface area contributed by atoms with Gasteiger partial charge < -0.3 is 4.74 Å². The Balaban J connectivity index is 3.02. The van der Waals surface area contributed by atoms with Gasteiger partial charge in [-0.25, -0.2) is 13.6 Å². The van der Waals surface area contributed by atoms with Crippen molar-refractivity contribution in [3.63, 3.8) is 0 Å². The summed E-state index contributed by atoms with van der Waals surface area (Å²) in [6.45, 7) is 1.69. The summed E-state index contributed by atoms with van der Waals surface area (Å²) in [6.07, 6.45) is 0. The average molecular weight is 227 g/mol. The molecule has 0 bridgehead atoms. The van der Waals surface area contributed by atoms with Crippen LogP contribution in [0, 0.1) is 0 Å². The van der Waals surface area contributed by atoms with Crippen LogP contribution >= 0.6 is 0 Å². The fraction of sp³-hybridized carbons (Fsp3) is 0.200. The number of primary sulfonamides is 1. The molecule has 0 amide bonds. The largest absolute Gasteiger partial charge is 0.497 e. The molecule has 4 nitrogen and oxygen atoms in total. The number of sulfonamides is 1. The second-order valence-electron chi connectivity index (χ2n) is 3.12. The van der Waals surface area contributed by atoms with E-state index in [4.69, 9.17) is 9.88 Å². The van der Waals surface area contributed by atoms with Gasteiger partial charge >= 0.3 is 0 Å². The van der Waals surface area contributed by atoms with E-state index in [0.717, 1.165) is 16.7 Å². The van der Waals surface area contributed by atoms with Crippen molar-refractivity contribution in [3.05, 3.63) is 35.2 Å². The first-order valence-corrected chi connectivity index (χ1v) is 5.89. The van der Waals surface area contributed by atoms with Crippen molar-refractivity contribution >= 4 is 15.6 Å². The summed E-state index contributed by atoms with van der Waals surface area (Å²) in [4.78, 5) is 0. The number of ether oxygens (including phenoxy) is 1. The van der Waals surface area contributed by atoms with E-state index in [-0.39, 0.29) is 0 Å². The summed E-state index contributed by atoms with van der Waals surface area (Å²) < 4.78 is 26.6. The predicted octanol–water partition coefficient (Wildman–Crippen LogP) is 1.34. The summed E-state index contributed by atoms with van der Waals surface area (Å²) in [5.41, 5.74) is 1.39. The molecule has 0 saturated heterocycles. The van der Waals surface area contributed by atoms with Crippen molar-refractivity contribution < 1.29 is 13.2 Å². The molecule has 0 aliphatic carbocycles. The monoisotopic (exact) mass is 227 g/mol. The van der Waals surface area contributed by atoms with Gasteiger partial charge in [0, 0.05) is 5.41 Å². The van der Waals surface area contributed by atoms with Crippen LogP contribution in [-0.2, 0) is 10.0 Å². The molecule has 2 N–H and O–H groups in total. The lowest BCUT2D eigenvalue weighted by molar-refractivity contribution is 0.415. The van der Waals surface area contributed by atoms with Gasteiger partial charge in [0.2, 0.25) is 10.0 Å². The Morgan fingerprint density at radius 2 is 1.87 bits per heavy atom. The molecule has 0 aliphatic rings. The lowest BCUT2D eigenvalue weighted by Crippen LogP contribution is -2.07. The Labute approximate surface area is 89.4 Å². The summed E-state index contributed by atoms with van der Waals surface area (Å²) in [5, 5.41) is 5.94. The number of benzene rings is 1. The van der Waals surface area contributed by atoms with Crippen molar-refractivity contribution in [2.75, 3.05) is 7.11 Å². The van der Waals surface area contributed by atoms with Gasteiger partial charge in [0.1, 0.15) is 5.75 Å².